The molecule has 1 aromatic heterocycles. The van der Waals surface area contributed by atoms with Crippen molar-refractivity contribution >= 4 is 0 Å². The van der Waals surface area contributed by atoms with Crippen LogP contribution in [0.15, 0.2) is 18.2 Å². The van der Waals surface area contributed by atoms with Gasteiger partial charge in [0.05, 0.1) is 13.7 Å². The Hall–Kier alpha value is -2.15. The van der Waals surface area contributed by atoms with Crippen molar-refractivity contribution in [2.45, 2.75) is 19.9 Å². The largest absolute Gasteiger partial charge is 0.493 e. The molecule has 0 bridgehead atoms. The molecule has 7 heteroatoms. The molecule has 0 saturated carbocycles. The SMILES string of the molecule is CCOc1ccc(-c2nnnn2CCCN)cc1OC. The lowest BCUT2D eigenvalue weighted by Crippen LogP contribution is -2.08. The van der Waals surface area contributed by atoms with Crippen molar-refractivity contribution in [2.24, 2.45) is 5.73 Å². The van der Waals surface area contributed by atoms with Crippen LogP contribution in [0.1, 0.15) is 13.3 Å². The highest BCUT2D eigenvalue weighted by Gasteiger charge is 2.12. The third-order valence-corrected chi connectivity index (χ3v) is 2.83. The summed E-state index contributed by atoms with van der Waals surface area (Å²) in [5, 5.41) is 11.7. The number of hydrogen-bond acceptors (Lipinski definition) is 6. The zero-order valence-corrected chi connectivity index (χ0v) is 11.7. The molecule has 2 rings (SSSR count). The van der Waals surface area contributed by atoms with E-state index in [0.717, 1.165) is 12.0 Å². The number of rotatable bonds is 7. The van der Waals surface area contributed by atoms with Gasteiger partial charge in [0.1, 0.15) is 0 Å². The van der Waals surface area contributed by atoms with E-state index >= 15 is 0 Å². The number of tetrazole rings is 1. The van der Waals surface area contributed by atoms with Gasteiger partial charge < -0.3 is 15.2 Å². The average molecular weight is 277 g/mol. The van der Waals surface area contributed by atoms with Crippen molar-refractivity contribution in [1.29, 1.82) is 0 Å². The highest BCUT2D eigenvalue weighted by molar-refractivity contribution is 5.60. The first-order valence-electron chi connectivity index (χ1n) is 6.57. The van der Waals surface area contributed by atoms with Crippen molar-refractivity contribution < 1.29 is 9.47 Å². The minimum absolute atomic E-state index is 0.587. The molecule has 2 aromatic rings. The molecular weight excluding hydrogens is 258 g/mol. The van der Waals surface area contributed by atoms with Crippen molar-refractivity contribution in [1.82, 2.24) is 20.2 Å². The van der Waals surface area contributed by atoms with E-state index in [1.54, 1.807) is 11.8 Å². The van der Waals surface area contributed by atoms with Gasteiger partial charge in [-0.2, -0.15) is 0 Å². The van der Waals surface area contributed by atoms with E-state index in [0.29, 0.717) is 37.0 Å². The number of hydrogen-bond donors (Lipinski definition) is 1. The maximum atomic E-state index is 5.51. The molecule has 0 saturated heterocycles. The standard InChI is InChI=1S/C13H19N5O2/c1-3-20-11-6-5-10(9-12(11)19-2)13-15-16-17-18(13)8-4-7-14/h5-6,9H,3-4,7-8,14H2,1-2H3. The molecule has 1 aromatic carbocycles. The van der Waals surface area contributed by atoms with Crippen LogP contribution in [0.25, 0.3) is 11.4 Å². The first-order chi connectivity index (χ1) is 9.80. The van der Waals surface area contributed by atoms with E-state index in [9.17, 15) is 0 Å². The Labute approximate surface area is 117 Å². The predicted molar refractivity (Wildman–Crippen MR) is 74.6 cm³/mol. The van der Waals surface area contributed by atoms with Gasteiger partial charge in [0, 0.05) is 12.1 Å². The van der Waals surface area contributed by atoms with Crippen LogP contribution in [0.3, 0.4) is 0 Å². The van der Waals surface area contributed by atoms with E-state index in [2.05, 4.69) is 15.5 Å². The molecular formula is C13H19N5O2. The Kier molecular flexibility index (Phi) is 4.89. The van der Waals surface area contributed by atoms with Crippen LogP contribution in [0, 0.1) is 0 Å². The van der Waals surface area contributed by atoms with Gasteiger partial charge in [0.2, 0.25) is 0 Å². The second kappa shape index (κ2) is 6.85. The molecule has 0 fully saturated rings. The molecule has 0 radical (unpaired) electrons. The van der Waals surface area contributed by atoms with Gasteiger partial charge in [-0.05, 0) is 48.5 Å². The van der Waals surface area contributed by atoms with E-state index < -0.39 is 0 Å². The molecule has 0 aliphatic rings. The number of benzene rings is 1. The minimum Gasteiger partial charge on any atom is -0.493 e. The molecule has 0 spiro atoms. The molecule has 0 unspecified atom stereocenters. The summed E-state index contributed by atoms with van der Waals surface area (Å²) >= 11 is 0. The molecule has 2 N–H and O–H groups in total. The number of nitrogens with two attached hydrogens (primary N) is 1. The van der Waals surface area contributed by atoms with Crippen molar-refractivity contribution in [3.63, 3.8) is 0 Å². The molecule has 7 nitrogen and oxygen atoms in total. The Morgan fingerprint density at radius 1 is 1.30 bits per heavy atom. The second-order valence-corrected chi connectivity index (χ2v) is 4.17. The topological polar surface area (TPSA) is 88.1 Å². The lowest BCUT2D eigenvalue weighted by Gasteiger charge is -2.10. The van der Waals surface area contributed by atoms with Crippen molar-refractivity contribution in [3.05, 3.63) is 18.2 Å². The summed E-state index contributed by atoms with van der Waals surface area (Å²) in [4.78, 5) is 0. The van der Waals surface area contributed by atoms with E-state index in [-0.39, 0.29) is 0 Å². The minimum atomic E-state index is 0.587. The van der Waals surface area contributed by atoms with E-state index in [1.165, 1.54) is 0 Å². The van der Waals surface area contributed by atoms with Gasteiger partial charge in [-0.15, -0.1) is 5.10 Å². The van der Waals surface area contributed by atoms with Gasteiger partial charge in [0.25, 0.3) is 0 Å². The van der Waals surface area contributed by atoms with Gasteiger partial charge in [-0.1, -0.05) is 0 Å². The lowest BCUT2D eigenvalue weighted by atomic mass is 10.2. The first kappa shape index (κ1) is 14.3. The summed E-state index contributed by atoms with van der Waals surface area (Å²) in [6.07, 6.45) is 0.826. The van der Waals surface area contributed by atoms with Gasteiger partial charge in [-0.3, -0.25) is 0 Å². The molecule has 0 amide bonds. The molecule has 0 atom stereocenters. The highest BCUT2D eigenvalue weighted by Crippen LogP contribution is 2.31. The summed E-state index contributed by atoms with van der Waals surface area (Å²) in [5.41, 5.74) is 6.40. The molecule has 108 valence electrons. The molecule has 1 heterocycles. The van der Waals surface area contributed by atoms with Crippen LogP contribution in [0.2, 0.25) is 0 Å². The monoisotopic (exact) mass is 277 g/mol. The summed E-state index contributed by atoms with van der Waals surface area (Å²) in [5.74, 6) is 2.07. The number of ether oxygens (including phenoxy) is 2. The fraction of sp³-hybridized carbons (Fsp3) is 0.462. The third-order valence-electron chi connectivity index (χ3n) is 2.83. The fourth-order valence-corrected chi connectivity index (χ4v) is 1.88. The summed E-state index contributed by atoms with van der Waals surface area (Å²) < 4.78 is 12.6. The van der Waals surface area contributed by atoms with Crippen LogP contribution in [-0.4, -0.2) is 40.5 Å². The van der Waals surface area contributed by atoms with Crippen molar-refractivity contribution in [3.8, 4) is 22.9 Å². The predicted octanol–water partition coefficient (Wildman–Crippen LogP) is 1.10. The Balaban J connectivity index is 2.31. The van der Waals surface area contributed by atoms with Crippen LogP contribution in [0.4, 0.5) is 0 Å². The zero-order chi connectivity index (χ0) is 14.4. The number of methoxy groups -OCH3 is 1. The molecule has 20 heavy (non-hydrogen) atoms. The Morgan fingerprint density at radius 3 is 2.85 bits per heavy atom. The van der Waals surface area contributed by atoms with Crippen LogP contribution >= 0.6 is 0 Å². The fourth-order valence-electron chi connectivity index (χ4n) is 1.88. The normalized spacial score (nSPS) is 10.6. The summed E-state index contributed by atoms with van der Waals surface area (Å²) in [6, 6.07) is 5.65. The zero-order valence-electron chi connectivity index (χ0n) is 11.7. The summed E-state index contributed by atoms with van der Waals surface area (Å²) in [6.45, 7) is 3.81. The van der Waals surface area contributed by atoms with Gasteiger partial charge >= 0.3 is 0 Å². The van der Waals surface area contributed by atoms with Gasteiger partial charge in [0.15, 0.2) is 17.3 Å². The highest BCUT2D eigenvalue weighted by atomic mass is 16.5. The maximum absolute atomic E-state index is 5.51. The number of nitrogens with zero attached hydrogens (tertiary/aromatic N) is 4. The Bertz CT molecular complexity index is 555. The molecule has 0 aliphatic carbocycles. The number of aryl methyl sites for hydroxylation is 1. The Morgan fingerprint density at radius 2 is 2.15 bits per heavy atom. The molecule has 0 aliphatic heterocycles. The van der Waals surface area contributed by atoms with Crippen LogP contribution < -0.4 is 15.2 Å². The van der Waals surface area contributed by atoms with E-state index in [1.807, 2.05) is 25.1 Å². The first-order valence-corrected chi connectivity index (χ1v) is 6.57. The lowest BCUT2D eigenvalue weighted by molar-refractivity contribution is 0.311. The average Bonchev–Trinajstić information content (AvgIpc) is 2.94. The third kappa shape index (κ3) is 3.05. The van der Waals surface area contributed by atoms with Crippen LogP contribution in [-0.2, 0) is 6.54 Å². The van der Waals surface area contributed by atoms with Crippen LogP contribution in [0.5, 0.6) is 11.5 Å². The summed E-state index contributed by atoms with van der Waals surface area (Å²) in [7, 11) is 1.61. The van der Waals surface area contributed by atoms with E-state index in [4.69, 9.17) is 15.2 Å². The second-order valence-electron chi connectivity index (χ2n) is 4.17. The van der Waals surface area contributed by atoms with Gasteiger partial charge in [-0.25, -0.2) is 4.68 Å². The quantitative estimate of drug-likeness (QED) is 0.815. The smallest absolute Gasteiger partial charge is 0.182 e. The van der Waals surface area contributed by atoms with Crippen molar-refractivity contribution in [2.75, 3.05) is 20.3 Å². The number of aromatic nitrogens is 4. The maximum Gasteiger partial charge on any atom is 0.182 e.